The van der Waals surface area contributed by atoms with Gasteiger partial charge in [-0.05, 0) is 31.2 Å². The summed E-state index contributed by atoms with van der Waals surface area (Å²) in [7, 11) is 0. The second kappa shape index (κ2) is 5.82. The van der Waals surface area contributed by atoms with E-state index in [0.29, 0.717) is 24.9 Å². The molecule has 1 aliphatic rings. The van der Waals surface area contributed by atoms with Gasteiger partial charge in [-0.25, -0.2) is 4.39 Å². The van der Waals surface area contributed by atoms with Gasteiger partial charge in [0.25, 0.3) is 5.91 Å². The number of hydrogen-bond donors (Lipinski definition) is 1. The van der Waals surface area contributed by atoms with Crippen molar-refractivity contribution in [2.45, 2.75) is 13.0 Å². The van der Waals surface area contributed by atoms with Crippen molar-refractivity contribution in [1.29, 1.82) is 0 Å². The molecule has 1 fully saturated rings. The first-order valence-corrected chi connectivity index (χ1v) is 6.04. The molecule has 4 nitrogen and oxygen atoms in total. The van der Waals surface area contributed by atoms with E-state index in [1.807, 2.05) is 6.92 Å². The van der Waals surface area contributed by atoms with Crippen molar-refractivity contribution in [3.05, 3.63) is 30.1 Å². The summed E-state index contributed by atoms with van der Waals surface area (Å²) in [6.45, 7) is 4.25. The summed E-state index contributed by atoms with van der Waals surface area (Å²) >= 11 is 0. The molecule has 1 saturated heterocycles. The number of hydrogen-bond acceptors (Lipinski definition) is 3. The summed E-state index contributed by atoms with van der Waals surface area (Å²) in [5.41, 5.74) is 0. The van der Waals surface area contributed by atoms with Gasteiger partial charge in [-0.2, -0.15) is 0 Å². The number of carbonyl (C=O) groups is 1. The maximum absolute atomic E-state index is 12.7. The number of carbonyl (C=O) groups excluding carboxylic acids is 1. The van der Waals surface area contributed by atoms with Crippen LogP contribution < -0.4 is 10.1 Å². The third-order valence-electron chi connectivity index (χ3n) is 2.90. The molecule has 0 bridgehead atoms. The van der Waals surface area contributed by atoms with Gasteiger partial charge in [0.15, 0.2) is 6.61 Å². The Kier molecular flexibility index (Phi) is 4.15. The molecule has 98 valence electrons. The molecule has 1 atom stereocenters. The van der Waals surface area contributed by atoms with E-state index in [-0.39, 0.29) is 18.3 Å². The molecule has 5 heteroatoms. The highest BCUT2D eigenvalue weighted by Crippen LogP contribution is 2.11. The normalized spacial score (nSPS) is 19.7. The van der Waals surface area contributed by atoms with Gasteiger partial charge in [0.1, 0.15) is 11.6 Å². The number of benzene rings is 1. The molecular weight excluding hydrogens is 235 g/mol. The van der Waals surface area contributed by atoms with Gasteiger partial charge in [-0.15, -0.1) is 0 Å². The Labute approximate surface area is 106 Å². The standard InChI is InChI=1S/C13H17FN2O2/c1-10-8-16(7-6-15-10)13(17)9-18-12-4-2-11(14)3-5-12/h2-5,10,15H,6-9H2,1H3. The lowest BCUT2D eigenvalue weighted by molar-refractivity contribution is -0.134. The van der Waals surface area contributed by atoms with Gasteiger partial charge in [0.05, 0.1) is 0 Å². The van der Waals surface area contributed by atoms with Gasteiger partial charge >= 0.3 is 0 Å². The summed E-state index contributed by atoms with van der Waals surface area (Å²) in [6.07, 6.45) is 0. The number of nitrogens with zero attached hydrogens (tertiary/aromatic N) is 1. The zero-order valence-corrected chi connectivity index (χ0v) is 10.4. The summed E-state index contributed by atoms with van der Waals surface area (Å²) in [6, 6.07) is 5.97. The molecule has 1 aromatic rings. The Bertz CT molecular complexity index is 408. The van der Waals surface area contributed by atoms with Crippen LogP contribution in [0.4, 0.5) is 4.39 Å². The average Bonchev–Trinajstić information content (AvgIpc) is 2.38. The Balaban J connectivity index is 1.82. The molecule has 0 aliphatic carbocycles. The molecule has 2 rings (SSSR count). The topological polar surface area (TPSA) is 41.6 Å². The van der Waals surface area contributed by atoms with Crippen LogP contribution in [0.15, 0.2) is 24.3 Å². The Morgan fingerprint density at radius 2 is 2.22 bits per heavy atom. The van der Waals surface area contributed by atoms with Crippen LogP contribution in [-0.4, -0.2) is 43.1 Å². The van der Waals surface area contributed by atoms with E-state index in [2.05, 4.69) is 5.32 Å². The minimum Gasteiger partial charge on any atom is -0.484 e. The minimum atomic E-state index is -0.315. The monoisotopic (exact) mass is 252 g/mol. The van der Waals surface area contributed by atoms with E-state index in [4.69, 9.17) is 4.74 Å². The largest absolute Gasteiger partial charge is 0.484 e. The fourth-order valence-electron chi connectivity index (χ4n) is 1.93. The van der Waals surface area contributed by atoms with Gasteiger partial charge in [0.2, 0.25) is 0 Å². The van der Waals surface area contributed by atoms with Crippen LogP contribution in [0.3, 0.4) is 0 Å². The fourth-order valence-corrected chi connectivity index (χ4v) is 1.93. The number of halogens is 1. The van der Waals surface area contributed by atoms with E-state index in [1.54, 1.807) is 4.90 Å². The van der Waals surface area contributed by atoms with Crippen molar-refractivity contribution in [2.75, 3.05) is 26.2 Å². The molecule has 0 saturated carbocycles. The maximum Gasteiger partial charge on any atom is 0.260 e. The number of nitrogens with one attached hydrogen (secondary N) is 1. The van der Waals surface area contributed by atoms with Gasteiger partial charge < -0.3 is 15.0 Å². The molecular formula is C13H17FN2O2. The van der Waals surface area contributed by atoms with Crippen LogP contribution in [0.1, 0.15) is 6.92 Å². The summed E-state index contributed by atoms with van der Waals surface area (Å²) in [4.78, 5) is 13.7. The van der Waals surface area contributed by atoms with Crippen LogP contribution in [0.2, 0.25) is 0 Å². The highest BCUT2D eigenvalue weighted by Gasteiger charge is 2.20. The van der Waals surface area contributed by atoms with E-state index < -0.39 is 0 Å². The number of ether oxygens (including phenoxy) is 1. The molecule has 18 heavy (non-hydrogen) atoms. The zero-order chi connectivity index (χ0) is 13.0. The Morgan fingerprint density at radius 3 is 2.89 bits per heavy atom. The van der Waals surface area contributed by atoms with Crippen LogP contribution in [-0.2, 0) is 4.79 Å². The predicted molar refractivity (Wildman–Crippen MR) is 65.9 cm³/mol. The summed E-state index contributed by atoms with van der Waals surface area (Å²) in [5.74, 6) is 0.158. The first-order chi connectivity index (χ1) is 8.65. The lowest BCUT2D eigenvalue weighted by Gasteiger charge is -2.31. The molecule has 1 heterocycles. The molecule has 0 spiro atoms. The van der Waals surface area contributed by atoms with Gasteiger partial charge in [-0.3, -0.25) is 4.79 Å². The lowest BCUT2D eigenvalue weighted by atomic mass is 10.2. The number of piperazine rings is 1. The molecule has 0 radical (unpaired) electrons. The van der Waals surface area contributed by atoms with Crippen molar-refractivity contribution >= 4 is 5.91 Å². The second-order valence-electron chi connectivity index (χ2n) is 4.44. The minimum absolute atomic E-state index is 0.00163. The summed E-state index contributed by atoms with van der Waals surface area (Å²) < 4.78 is 18.0. The molecule has 1 aliphatic heterocycles. The summed E-state index contributed by atoms with van der Waals surface area (Å²) in [5, 5.41) is 3.27. The van der Waals surface area contributed by atoms with Crippen molar-refractivity contribution in [3.8, 4) is 5.75 Å². The fraction of sp³-hybridized carbons (Fsp3) is 0.462. The van der Waals surface area contributed by atoms with Crippen molar-refractivity contribution in [3.63, 3.8) is 0 Å². The van der Waals surface area contributed by atoms with Crippen LogP contribution in [0.25, 0.3) is 0 Å². The van der Waals surface area contributed by atoms with Crippen LogP contribution in [0, 0.1) is 5.82 Å². The van der Waals surface area contributed by atoms with Crippen molar-refractivity contribution in [2.24, 2.45) is 0 Å². The third-order valence-corrected chi connectivity index (χ3v) is 2.90. The molecule has 1 N–H and O–H groups in total. The van der Waals surface area contributed by atoms with Gasteiger partial charge in [-0.1, -0.05) is 0 Å². The third kappa shape index (κ3) is 3.43. The molecule has 0 aromatic heterocycles. The predicted octanol–water partition coefficient (Wildman–Crippen LogP) is 1.02. The molecule has 1 aromatic carbocycles. The van der Waals surface area contributed by atoms with E-state index in [9.17, 15) is 9.18 Å². The van der Waals surface area contributed by atoms with Gasteiger partial charge in [0, 0.05) is 25.7 Å². The van der Waals surface area contributed by atoms with Crippen molar-refractivity contribution in [1.82, 2.24) is 10.2 Å². The highest BCUT2D eigenvalue weighted by atomic mass is 19.1. The quantitative estimate of drug-likeness (QED) is 0.873. The average molecular weight is 252 g/mol. The van der Waals surface area contributed by atoms with Crippen molar-refractivity contribution < 1.29 is 13.9 Å². The molecule has 1 amide bonds. The van der Waals surface area contributed by atoms with E-state index >= 15 is 0 Å². The van der Waals surface area contributed by atoms with Crippen LogP contribution in [0.5, 0.6) is 5.75 Å². The number of rotatable bonds is 3. The molecule has 1 unspecified atom stereocenters. The zero-order valence-electron chi connectivity index (χ0n) is 10.4. The van der Waals surface area contributed by atoms with E-state index in [1.165, 1.54) is 24.3 Å². The maximum atomic E-state index is 12.7. The number of amides is 1. The second-order valence-corrected chi connectivity index (χ2v) is 4.44. The lowest BCUT2D eigenvalue weighted by Crippen LogP contribution is -2.52. The first-order valence-electron chi connectivity index (χ1n) is 6.04. The Hall–Kier alpha value is -1.62. The van der Waals surface area contributed by atoms with E-state index in [0.717, 1.165) is 6.54 Å². The first kappa shape index (κ1) is 12.8. The smallest absolute Gasteiger partial charge is 0.260 e. The SMILES string of the molecule is CC1CN(C(=O)COc2ccc(F)cc2)CCN1. The highest BCUT2D eigenvalue weighted by molar-refractivity contribution is 5.78. The van der Waals surface area contributed by atoms with Crippen LogP contribution >= 0.6 is 0 Å². The Morgan fingerprint density at radius 1 is 1.50 bits per heavy atom.